The zero-order chi connectivity index (χ0) is 20.9. The summed E-state index contributed by atoms with van der Waals surface area (Å²) in [5.74, 6) is 0.229. The van der Waals surface area contributed by atoms with Gasteiger partial charge in [-0.05, 0) is 32.3 Å². The number of anilines is 1. The average molecular weight is 417 g/mol. The first-order chi connectivity index (χ1) is 13.9. The fraction of sp³-hybridized carbons (Fsp3) is 0.500. The summed E-state index contributed by atoms with van der Waals surface area (Å²) in [6, 6.07) is 0. The van der Waals surface area contributed by atoms with Gasteiger partial charge in [0.15, 0.2) is 0 Å². The average Bonchev–Trinajstić information content (AvgIpc) is 3.24. The molecular weight excluding hydrogens is 392 g/mol. The van der Waals surface area contributed by atoms with Gasteiger partial charge in [-0.15, -0.1) is 11.3 Å². The van der Waals surface area contributed by atoms with Gasteiger partial charge >= 0.3 is 0 Å². The fourth-order valence-electron chi connectivity index (χ4n) is 4.05. The Kier molecular flexibility index (Phi) is 4.94. The third kappa shape index (κ3) is 3.04. The lowest BCUT2D eigenvalue weighted by Gasteiger charge is -2.27. The van der Waals surface area contributed by atoms with Gasteiger partial charge in [0, 0.05) is 25.0 Å². The van der Waals surface area contributed by atoms with Crippen LogP contribution in [-0.4, -0.2) is 59.4 Å². The van der Waals surface area contributed by atoms with Crippen LogP contribution in [0, 0.1) is 6.92 Å². The minimum Gasteiger partial charge on any atom is -0.361 e. The van der Waals surface area contributed by atoms with Crippen molar-refractivity contribution in [3.8, 4) is 0 Å². The normalized spacial score (nSPS) is 16.8. The van der Waals surface area contributed by atoms with Gasteiger partial charge < -0.3 is 19.2 Å². The van der Waals surface area contributed by atoms with Crippen LogP contribution in [0.15, 0.2) is 4.52 Å². The quantitative estimate of drug-likeness (QED) is 0.766. The number of likely N-dealkylation sites (N-methyl/N-ethyl adjacent to an activating group) is 2. The van der Waals surface area contributed by atoms with Crippen LogP contribution < -0.4 is 4.90 Å². The Morgan fingerprint density at radius 3 is 2.69 bits per heavy atom. The SMILES string of the molecule is CCc1noc(C)c1C(=O)N1CCc2c(sc3c2C(=O)N(C)CC(=O)N3CC)C1. The van der Waals surface area contributed by atoms with Gasteiger partial charge in [-0.25, -0.2) is 0 Å². The van der Waals surface area contributed by atoms with Crippen molar-refractivity contribution >= 4 is 34.1 Å². The van der Waals surface area contributed by atoms with Gasteiger partial charge in [-0.1, -0.05) is 12.1 Å². The maximum Gasteiger partial charge on any atom is 0.259 e. The molecule has 2 aliphatic heterocycles. The summed E-state index contributed by atoms with van der Waals surface area (Å²) in [5, 5.41) is 4.70. The number of carbonyl (C=O) groups excluding carboxylic acids is 3. The molecule has 2 aromatic heterocycles. The summed E-state index contributed by atoms with van der Waals surface area (Å²) >= 11 is 1.45. The maximum atomic E-state index is 13.1. The fourth-order valence-corrected chi connectivity index (χ4v) is 5.48. The summed E-state index contributed by atoms with van der Waals surface area (Å²) in [7, 11) is 1.66. The first kappa shape index (κ1) is 19.6. The molecule has 3 amide bonds. The Bertz CT molecular complexity index is 1010. The number of nitrogens with zero attached hydrogens (tertiary/aromatic N) is 4. The highest BCUT2D eigenvalue weighted by molar-refractivity contribution is 7.17. The van der Waals surface area contributed by atoms with E-state index in [0.29, 0.717) is 60.1 Å². The van der Waals surface area contributed by atoms with E-state index in [-0.39, 0.29) is 24.3 Å². The number of aromatic nitrogens is 1. The van der Waals surface area contributed by atoms with Crippen molar-refractivity contribution in [1.82, 2.24) is 15.0 Å². The van der Waals surface area contributed by atoms with Crippen LogP contribution in [0.4, 0.5) is 5.00 Å². The summed E-state index contributed by atoms with van der Waals surface area (Å²) in [5.41, 5.74) is 2.80. The summed E-state index contributed by atoms with van der Waals surface area (Å²) in [6.07, 6.45) is 1.21. The number of carbonyl (C=O) groups is 3. The Labute approximate surface area is 173 Å². The molecule has 0 saturated heterocycles. The molecule has 4 rings (SSSR count). The molecule has 0 fully saturated rings. The summed E-state index contributed by atoms with van der Waals surface area (Å²) in [4.78, 5) is 44.6. The third-order valence-corrected chi connectivity index (χ3v) is 6.84. The van der Waals surface area contributed by atoms with Crippen LogP contribution in [0.3, 0.4) is 0 Å². The van der Waals surface area contributed by atoms with Crippen molar-refractivity contribution in [3.63, 3.8) is 0 Å². The van der Waals surface area contributed by atoms with Crippen molar-refractivity contribution in [2.24, 2.45) is 0 Å². The Morgan fingerprint density at radius 1 is 1.24 bits per heavy atom. The molecular formula is C20H24N4O4S. The number of rotatable bonds is 3. The van der Waals surface area contributed by atoms with Gasteiger partial charge in [0.1, 0.15) is 22.9 Å². The molecule has 0 aromatic carbocycles. The molecule has 8 nitrogen and oxygen atoms in total. The second kappa shape index (κ2) is 7.29. The molecule has 0 bridgehead atoms. The molecule has 4 heterocycles. The topological polar surface area (TPSA) is 87.0 Å². The number of aryl methyl sites for hydroxylation is 2. The molecule has 2 aliphatic rings. The first-order valence-corrected chi connectivity index (χ1v) is 10.6. The highest BCUT2D eigenvalue weighted by Gasteiger charge is 2.37. The number of amides is 3. The van der Waals surface area contributed by atoms with Gasteiger partial charge in [0.25, 0.3) is 11.8 Å². The standard InChI is InChI=1S/C20H24N4O4S/c1-5-13-16(11(3)28-21-13)19(27)23-8-7-12-14(9-23)29-20-17(12)18(26)22(4)10-15(25)24(20)6-2/h5-10H2,1-4H3. The van der Waals surface area contributed by atoms with Gasteiger partial charge in [0.2, 0.25) is 5.91 Å². The van der Waals surface area contributed by atoms with Crippen molar-refractivity contribution in [2.45, 2.75) is 40.2 Å². The second-order valence-electron chi connectivity index (χ2n) is 7.37. The van der Waals surface area contributed by atoms with Crippen molar-refractivity contribution in [1.29, 1.82) is 0 Å². The lowest BCUT2D eigenvalue weighted by atomic mass is 10.0. The van der Waals surface area contributed by atoms with E-state index in [9.17, 15) is 14.4 Å². The zero-order valence-corrected chi connectivity index (χ0v) is 17.9. The molecule has 0 spiro atoms. The highest BCUT2D eigenvalue weighted by Crippen LogP contribution is 2.41. The lowest BCUT2D eigenvalue weighted by Crippen LogP contribution is -2.38. The van der Waals surface area contributed by atoms with Crippen molar-refractivity contribution in [3.05, 3.63) is 33.0 Å². The molecule has 154 valence electrons. The predicted octanol–water partition coefficient (Wildman–Crippen LogP) is 2.24. The van der Waals surface area contributed by atoms with Gasteiger partial charge in [-0.2, -0.15) is 0 Å². The van der Waals surface area contributed by atoms with E-state index < -0.39 is 0 Å². The van der Waals surface area contributed by atoms with Crippen LogP contribution >= 0.6 is 11.3 Å². The van der Waals surface area contributed by atoms with Crippen molar-refractivity contribution < 1.29 is 18.9 Å². The van der Waals surface area contributed by atoms with E-state index in [1.54, 1.807) is 23.8 Å². The van der Waals surface area contributed by atoms with Crippen LogP contribution in [0.2, 0.25) is 0 Å². The zero-order valence-electron chi connectivity index (χ0n) is 17.1. The van der Waals surface area contributed by atoms with E-state index in [1.165, 1.54) is 16.2 Å². The highest BCUT2D eigenvalue weighted by atomic mass is 32.1. The number of hydrogen-bond acceptors (Lipinski definition) is 6. The van der Waals surface area contributed by atoms with Gasteiger partial charge in [-0.3, -0.25) is 14.4 Å². The Hall–Kier alpha value is -2.68. The molecule has 0 unspecified atom stereocenters. The van der Waals surface area contributed by atoms with E-state index in [1.807, 2.05) is 13.8 Å². The minimum absolute atomic E-state index is 0.0821. The lowest BCUT2D eigenvalue weighted by molar-refractivity contribution is -0.118. The van der Waals surface area contributed by atoms with E-state index in [2.05, 4.69) is 5.16 Å². The smallest absolute Gasteiger partial charge is 0.259 e. The molecule has 0 radical (unpaired) electrons. The molecule has 29 heavy (non-hydrogen) atoms. The largest absolute Gasteiger partial charge is 0.361 e. The number of fused-ring (bicyclic) bond motifs is 3. The molecule has 9 heteroatoms. The maximum absolute atomic E-state index is 13.1. The van der Waals surface area contributed by atoms with Crippen molar-refractivity contribution in [2.75, 3.05) is 31.6 Å². The Morgan fingerprint density at radius 2 is 2.00 bits per heavy atom. The molecule has 2 aromatic rings. The van der Waals surface area contributed by atoms with Crippen LogP contribution in [0.1, 0.15) is 56.5 Å². The molecule has 0 aliphatic carbocycles. The van der Waals surface area contributed by atoms with Crippen LogP contribution in [0.25, 0.3) is 0 Å². The molecule has 0 atom stereocenters. The van der Waals surface area contributed by atoms with Crippen LogP contribution in [0.5, 0.6) is 0 Å². The second-order valence-corrected chi connectivity index (χ2v) is 8.46. The van der Waals surface area contributed by atoms with E-state index in [4.69, 9.17) is 4.52 Å². The first-order valence-electron chi connectivity index (χ1n) is 9.82. The molecule has 0 saturated carbocycles. The number of thiophene rings is 1. The number of hydrogen-bond donors (Lipinski definition) is 0. The van der Waals surface area contributed by atoms with Gasteiger partial charge in [0.05, 0.1) is 17.8 Å². The predicted molar refractivity (Wildman–Crippen MR) is 108 cm³/mol. The monoisotopic (exact) mass is 416 g/mol. The minimum atomic E-state index is -0.121. The van der Waals surface area contributed by atoms with E-state index >= 15 is 0 Å². The van der Waals surface area contributed by atoms with E-state index in [0.717, 1.165) is 10.4 Å². The summed E-state index contributed by atoms with van der Waals surface area (Å²) < 4.78 is 5.23. The Balaban J connectivity index is 1.71. The third-order valence-electron chi connectivity index (χ3n) is 5.60. The van der Waals surface area contributed by atoms with Crippen LogP contribution in [-0.2, 0) is 24.2 Å². The molecule has 0 N–H and O–H groups in total. The summed E-state index contributed by atoms with van der Waals surface area (Å²) in [6.45, 7) is 7.13.